The molecule has 0 aliphatic carbocycles. The molecule has 2 heterocycles. The first-order chi connectivity index (χ1) is 9.29. The van der Waals surface area contributed by atoms with Crippen LogP contribution in [0, 0.1) is 0 Å². The largest absolute Gasteiger partial charge is 0.351 e. The van der Waals surface area contributed by atoms with Gasteiger partial charge in [-0.2, -0.15) is 0 Å². The Balaban J connectivity index is 0.00000200. The topological polar surface area (TPSA) is 85.8 Å². The van der Waals surface area contributed by atoms with E-state index in [-0.39, 0.29) is 30.7 Å². The van der Waals surface area contributed by atoms with Gasteiger partial charge in [0, 0.05) is 37.3 Å². The highest BCUT2D eigenvalue weighted by Gasteiger charge is 2.09. The van der Waals surface area contributed by atoms with Gasteiger partial charge in [-0.25, -0.2) is 9.97 Å². The van der Waals surface area contributed by atoms with Crippen LogP contribution in [0.2, 0.25) is 0 Å². The minimum Gasteiger partial charge on any atom is -0.351 e. The highest BCUT2D eigenvalue weighted by molar-refractivity contribution is 7.09. The fraction of sp³-hybridized carbons (Fsp3) is 0.417. The zero-order chi connectivity index (χ0) is 13.5. The van der Waals surface area contributed by atoms with E-state index in [1.54, 1.807) is 17.9 Å². The van der Waals surface area contributed by atoms with Crippen LogP contribution in [0.15, 0.2) is 24.1 Å². The van der Waals surface area contributed by atoms with Crippen LogP contribution in [-0.4, -0.2) is 33.5 Å². The number of aromatic nitrogens is 3. The molecule has 2 aromatic heterocycles. The quantitative estimate of drug-likeness (QED) is 0.740. The summed E-state index contributed by atoms with van der Waals surface area (Å²) >= 11 is 1.48. The van der Waals surface area contributed by atoms with Crippen LogP contribution in [0.1, 0.15) is 21.9 Å². The molecule has 0 bridgehead atoms. The molecule has 21 heavy (non-hydrogen) atoms. The number of imidazole rings is 1. The van der Waals surface area contributed by atoms with Crippen molar-refractivity contribution in [1.82, 2.24) is 19.9 Å². The number of thiazole rings is 1. The Kier molecular flexibility index (Phi) is 9.98. The van der Waals surface area contributed by atoms with Gasteiger partial charge < -0.3 is 15.6 Å². The Morgan fingerprint density at radius 3 is 2.90 bits per heavy atom. The summed E-state index contributed by atoms with van der Waals surface area (Å²) in [6, 6.07) is 0. The van der Waals surface area contributed by atoms with Gasteiger partial charge in [0.15, 0.2) is 0 Å². The van der Waals surface area contributed by atoms with Gasteiger partial charge >= 0.3 is 0 Å². The predicted molar refractivity (Wildman–Crippen MR) is 88.5 cm³/mol. The van der Waals surface area contributed by atoms with E-state index in [0.717, 1.165) is 24.4 Å². The number of rotatable bonds is 7. The molecule has 0 atom stereocenters. The zero-order valence-corrected chi connectivity index (χ0v) is 13.8. The third-order valence-corrected chi connectivity index (χ3v) is 3.49. The molecular weight excluding hydrogens is 333 g/mol. The van der Waals surface area contributed by atoms with Gasteiger partial charge in [0.2, 0.25) is 0 Å². The third-order valence-electron chi connectivity index (χ3n) is 2.58. The van der Waals surface area contributed by atoms with E-state index >= 15 is 0 Å². The molecule has 0 aromatic carbocycles. The summed E-state index contributed by atoms with van der Waals surface area (Å²) < 4.78 is 1.98. The van der Waals surface area contributed by atoms with Gasteiger partial charge in [-0.15, -0.1) is 36.2 Å². The molecule has 1 amide bonds. The van der Waals surface area contributed by atoms with Crippen LogP contribution >= 0.6 is 36.2 Å². The van der Waals surface area contributed by atoms with E-state index in [0.29, 0.717) is 18.8 Å². The summed E-state index contributed by atoms with van der Waals surface area (Å²) in [5, 5.41) is 5.54. The number of halogens is 2. The lowest BCUT2D eigenvalue weighted by molar-refractivity contribution is 0.0948. The maximum absolute atomic E-state index is 11.8. The van der Waals surface area contributed by atoms with Gasteiger partial charge in [0.25, 0.3) is 5.91 Å². The molecule has 0 unspecified atom stereocenters. The molecule has 0 saturated carbocycles. The molecule has 3 N–H and O–H groups in total. The monoisotopic (exact) mass is 351 g/mol. The molecule has 9 heteroatoms. The molecule has 0 fully saturated rings. The first-order valence-electron chi connectivity index (χ1n) is 6.18. The van der Waals surface area contributed by atoms with Gasteiger partial charge in [-0.05, 0) is 13.0 Å². The van der Waals surface area contributed by atoms with Crippen LogP contribution in [0.25, 0.3) is 0 Å². The van der Waals surface area contributed by atoms with Crippen molar-refractivity contribution in [1.29, 1.82) is 0 Å². The minimum absolute atomic E-state index is 0. The van der Waals surface area contributed by atoms with E-state index < -0.39 is 0 Å². The molecule has 0 aliphatic rings. The fourth-order valence-corrected chi connectivity index (χ4v) is 2.42. The maximum Gasteiger partial charge on any atom is 0.270 e. The fourth-order valence-electron chi connectivity index (χ4n) is 1.63. The van der Waals surface area contributed by atoms with Crippen LogP contribution < -0.4 is 11.1 Å². The molecule has 118 valence electrons. The van der Waals surface area contributed by atoms with Crippen molar-refractivity contribution in [2.75, 3.05) is 13.1 Å². The van der Waals surface area contributed by atoms with Crippen molar-refractivity contribution in [3.8, 4) is 0 Å². The molecule has 6 nitrogen and oxygen atoms in total. The first-order valence-corrected chi connectivity index (χ1v) is 7.06. The van der Waals surface area contributed by atoms with Crippen molar-refractivity contribution >= 4 is 42.1 Å². The number of nitrogens with zero attached hydrogens (tertiary/aromatic N) is 3. The SMILES string of the molecule is Cl.Cl.NCCc1nc(C(=O)NCCCn2ccnc2)cs1. The number of amides is 1. The molecule has 0 aliphatic heterocycles. The van der Waals surface area contributed by atoms with Crippen molar-refractivity contribution in [3.05, 3.63) is 34.8 Å². The third kappa shape index (κ3) is 6.43. The Labute approximate surface area is 140 Å². The average molecular weight is 352 g/mol. The van der Waals surface area contributed by atoms with Gasteiger partial charge in [-0.3, -0.25) is 4.79 Å². The Morgan fingerprint density at radius 2 is 2.24 bits per heavy atom. The van der Waals surface area contributed by atoms with Crippen LogP contribution in [0.3, 0.4) is 0 Å². The first kappa shape index (κ1) is 19.9. The summed E-state index contributed by atoms with van der Waals surface area (Å²) in [5.41, 5.74) is 5.93. The molecular formula is C12H19Cl2N5OS. The highest BCUT2D eigenvalue weighted by atomic mass is 35.5. The van der Waals surface area contributed by atoms with Crippen molar-refractivity contribution < 1.29 is 4.79 Å². The Morgan fingerprint density at radius 1 is 1.43 bits per heavy atom. The van der Waals surface area contributed by atoms with Crippen molar-refractivity contribution in [2.45, 2.75) is 19.4 Å². The Hall–Kier alpha value is -1.15. The Bertz CT molecular complexity index is 517. The lowest BCUT2D eigenvalue weighted by Crippen LogP contribution is -2.25. The molecule has 0 saturated heterocycles. The second kappa shape index (κ2) is 10.6. The lowest BCUT2D eigenvalue weighted by Gasteiger charge is -2.03. The molecule has 2 rings (SSSR count). The summed E-state index contributed by atoms with van der Waals surface area (Å²) in [4.78, 5) is 20.0. The van der Waals surface area contributed by atoms with Crippen LogP contribution in [-0.2, 0) is 13.0 Å². The number of carbonyl (C=O) groups is 1. The van der Waals surface area contributed by atoms with E-state index in [4.69, 9.17) is 5.73 Å². The van der Waals surface area contributed by atoms with Crippen LogP contribution in [0.5, 0.6) is 0 Å². The summed E-state index contributed by atoms with van der Waals surface area (Å²) in [6.45, 7) is 2.02. The zero-order valence-electron chi connectivity index (χ0n) is 11.4. The maximum atomic E-state index is 11.8. The summed E-state index contributed by atoms with van der Waals surface area (Å²) in [5.74, 6) is -0.120. The van der Waals surface area contributed by atoms with Crippen LogP contribution in [0.4, 0.5) is 0 Å². The minimum atomic E-state index is -0.120. The standard InChI is InChI=1S/C12H17N5OS.2ClH/c13-3-2-11-16-10(8-19-11)12(18)15-4-1-6-17-7-5-14-9-17;;/h5,7-9H,1-4,6,13H2,(H,15,18);2*1H. The predicted octanol–water partition coefficient (Wildman–Crippen LogP) is 1.50. The van der Waals surface area contributed by atoms with Crippen molar-refractivity contribution in [2.24, 2.45) is 5.73 Å². The highest BCUT2D eigenvalue weighted by Crippen LogP contribution is 2.09. The average Bonchev–Trinajstić information content (AvgIpc) is 3.06. The molecule has 2 aromatic rings. The number of nitrogens with one attached hydrogen (secondary N) is 1. The van der Waals surface area contributed by atoms with Gasteiger partial charge in [-0.1, -0.05) is 0 Å². The normalized spacial score (nSPS) is 9.57. The van der Waals surface area contributed by atoms with E-state index in [2.05, 4.69) is 15.3 Å². The van der Waals surface area contributed by atoms with E-state index in [1.807, 2.05) is 10.8 Å². The molecule has 0 radical (unpaired) electrons. The number of hydrogen-bond acceptors (Lipinski definition) is 5. The lowest BCUT2D eigenvalue weighted by atomic mass is 10.4. The molecule has 0 spiro atoms. The summed E-state index contributed by atoms with van der Waals surface area (Å²) in [6.07, 6.45) is 7.00. The van der Waals surface area contributed by atoms with Crippen molar-refractivity contribution in [3.63, 3.8) is 0 Å². The number of hydrogen-bond donors (Lipinski definition) is 2. The second-order valence-corrected chi connectivity index (χ2v) is 5.02. The second-order valence-electron chi connectivity index (χ2n) is 4.08. The number of carbonyl (C=O) groups excluding carboxylic acids is 1. The number of nitrogens with two attached hydrogens (primary N) is 1. The van der Waals surface area contributed by atoms with E-state index in [1.165, 1.54) is 11.3 Å². The summed E-state index contributed by atoms with van der Waals surface area (Å²) in [7, 11) is 0. The van der Waals surface area contributed by atoms with Gasteiger partial charge in [0.05, 0.1) is 11.3 Å². The van der Waals surface area contributed by atoms with Gasteiger partial charge in [0.1, 0.15) is 5.69 Å². The van der Waals surface area contributed by atoms with E-state index in [9.17, 15) is 4.79 Å². The number of aryl methyl sites for hydroxylation is 1. The smallest absolute Gasteiger partial charge is 0.270 e.